The average molecular weight is 429 g/mol. The molecule has 0 heterocycles. The van der Waals surface area contributed by atoms with Crippen LogP contribution in [-0.2, 0) is 41.0 Å². The molecule has 162 valence electrons. The van der Waals surface area contributed by atoms with E-state index in [2.05, 4.69) is 9.46 Å². The van der Waals surface area contributed by atoms with Crippen molar-refractivity contribution in [1.82, 2.24) is 9.03 Å². The third-order valence-corrected chi connectivity index (χ3v) is 5.94. The van der Waals surface area contributed by atoms with Crippen molar-refractivity contribution in [2.24, 2.45) is 0 Å². The van der Waals surface area contributed by atoms with Crippen LogP contribution in [0.1, 0.15) is 55.4 Å². The highest BCUT2D eigenvalue weighted by Crippen LogP contribution is 2.13. The summed E-state index contributed by atoms with van der Waals surface area (Å²) in [5, 5.41) is 0. The van der Waals surface area contributed by atoms with Gasteiger partial charge in [-0.3, -0.25) is 9.59 Å². The summed E-state index contributed by atoms with van der Waals surface area (Å²) in [6, 6.07) is 0. The van der Waals surface area contributed by atoms with Crippen LogP contribution in [0, 0.1) is 0 Å². The van der Waals surface area contributed by atoms with Crippen LogP contribution in [-0.4, -0.2) is 67.5 Å². The summed E-state index contributed by atoms with van der Waals surface area (Å²) in [5.74, 6) is -0.715. The van der Waals surface area contributed by atoms with E-state index >= 15 is 0 Å². The Balaban J connectivity index is 0. The molecule has 0 aliphatic heterocycles. The van der Waals surface area contributed by atoms with E-state index in [1.165, 1.54) is 4.31 Å². The van der Waals surface area contributed by atoms with Crippen molar-refractivity contribution in [2.45, 2.75) is 64.9 Å². The molecule has 0 spiro atoms. The SMILES string of the molecule is CCOC(=O)CN(C)[S@](=O)C(C)(C)C.CCOC(=O)CNS(=O)C(C)(C)C. The summed E-state index contributed by atoms with van der Waals surface area (Å²) < 4.78 is 35.9. The molecule has 1 unspecified atom stereocenters. The maximum Gasteiger partial charge on any atom is 0.321 e. The summed E-state index contributed by atoms with van der Waals surface area (Å²) in [5.41, 5.74) is 0. The summed E-state index contributed by atoms with van der Waals surface area (Å²) in [4.78, 5) is 21.9. The molecular formula is C17H36N2O6S2. The highest BCUT2D eigenvalue weighted by Gasteiger charge is 2.25. The highest BCUT2D eigenvalue weighted by atomic mass is 32.2. The molecule has 0 saturated heterocycles. The van der Waals surface area contributed by atoms with Gasteiger partial charge in [-0.1, -0.05) is 0 Å². The molecule has 8 nitrogen and oxygen atoms in total. The molecule has 0 aliphatic carbocycles. The predicted octanol–water partition coefficient (Wildman–Crippen LogP) is 1.54. The van der Waals surface area contributed by atoms with Gasteiger partial charge < -0.3 is 9.47 Å². The Hall–Kier alpha value is -0.840. The molecule has 1 N–H and O–H groups in total. The lowest BCUT2D eigenvalue weighted by Gasteiger charge is -2.24. The Kier molecular flexibility index (Phi) is 14.0. The molecule has 0 radical (unpaired) electrons. The van der Waals surface area contributed by atoms with Gasteiger partial charge in [0.2, 0.25) is 0 Å². The number of hydrogen-bond acceptors (Lipinski definition) is 6. The first-order valence-electron chi connectivity index (χ1n) is 8.76. The first-order chi connectivity index (χ1) is 12.2. The molecule has 0 fully saturated rings. The van der Waals surface area contributed by atoms with Crippen molar-refractivity contribution in [3.8, 4) is 0 Å². The largest absolute Gasteiger partial charge is 0.465 e. The van der Waals surface area contributed by atoms with Gasteiger partial charge in [0.15, 0.2) is 0 Å². The Bertz CT molecular complexity index is 513. The lowest BCUT2D eigenvalue weighted by molar-refractivity contribution is -0.143. The second kappa shape index (κ2) is 13.4. The van der Waals surface area contributed by atoms with Crippen molar-refractivity contribution < 1.29 is 27.5 Å². The smallest absolute Gasteiger partial charge is 0.321 e. The van der Waals surface area contributed by atoms with Crippen LogP contribution in [0.3, 0.4) is 0 Å². The minimum Gasteiger partial charge on any atom is -0.465 e. The summed E-state index contributed by atoms with van der Waals surface area (Å²) >= 11 is 0. The van der Waals surface area contributed by atoms with Gasteiger partial charge in [0.25, 0.3) is 0 Å². The molecule has 0 aromatic carbocycles. The minimum atomic E-state index is -1.21. The van der Waals surface area contributed by atoms with Crippen molar-refractivity contribution in [2.75, 3.05) is 33.4 Å². The Morgan fingerprint density at radius 2 is 1.33 bits per heavy atom. The van der Waals surface area contributed by atoms with Crippen LogP contribution in [0.25, 0.3) is 0 Å². The van der Waals surface area contributed by atoms with Crippen molar-refractivity contribution in [3.63, 3.8) is 0 Å². The third-order valence-electron chi connectivity index (χ3n) is 2.67. The van der Waals surface area contributed by atoms with Crippen molar-refractivity contribution in [1.29, 1.82) is 0 Å². The molecule has 27 heavy (non-hydrogen) atoms. The fourth-order valence-corrected chi connectivity index (χ4v) is 3.31. The van der Waals surface area contributed by atoms with E-state index < -0.39 is 22.0 Å². The number of carbonyl (C=O) groups excluding carboxylic acids is 2. The number of carbonyl (C=O) groups is 2. The summed E-state index contributed by atoms with van der Waals surface area (Å²) in [6.07, 6.45) is 0. The standard InChI is InChI=1S/C9H19NO3S.C8H17NO3S/c1-6-13-8(11)7-10(5)14(12)9(2,3)4;1-5-12-7(10)6-9-13(11)8(2,3)4/h6-7H2,1-5H3;9H,5-6H2,1-4H3/t14-;/m1./s1. The first-order valence-corrected chi connectivity index (χ1v) is 11.0. The lowest BCUT2D eigenvalue weighted by Crippen LogP contribution is -2.38. The van der Waals surface area contributed by atoms with Gasteiger partial charge >= 0.3 is 11.9 Å². The van der Waals surface area contributed by atoms with Crippen molar-refractivity contribution >= 4 is 33.9 Å². The maximum absolute atomic E-state index is 11.7. The average Bonchev–Trinajstić information content (AvgIpc) is 2.51. The molecule has 0 amide bonds. The highest BCUT2D eigenvalue weighted by molar-refractivity contribution is 7.84. The Morgan fingerprint density at radius 3 is 1.70 bits per heavy atom. The van der Waals surface area contributed by atoms with Gasteiger partial charge in [-0.05, 0) is 55.4 Å². The van der Waals surface area contributed by atoms with Crippen LogP contribution in [0.2, 0.25) is 0 Å². The van der Waals surface area contributed by atoms with Gasteiger partial charge in [-0.25, -0.2) is 17.4 Å². The van der Waals surface area contributed by atoms with Gasteiger partial charge in [0.05, 0.1) is 44.7 Å². The van der Waals surface area contributed by atoms with Gasteiger partial charge in [-0.15, -0.1) is 0 Å². The van der Waals surface area contributed by atoms with Gasteiger partial charge in [0.1, 0.15) is 13.1 Å². The van der Waals surface area contributed by atoms with E-state index in [-0.39, 0.29) is 34.5 Å². The Morgan fingerprint density at radius 1 is 0.889 bits per heavy atom. The summed E-state index contributed by atoms with van der Waals surface area (Å²) in [7, 11) is -0.735. The van der Waals surface area contributed by atoms with Crippen molar-refractivity contribution in [3.05, 3.63) is 0 Å². The fourth-order valence-electron chi connectivity index (χ4n) is 1.47. The quantitative estimate of drug-likeness (QED) is 0.589. The first kappa shape index (κ1) is 28.4. The van der Waals surface area contributed by atoms with Crippen LogP contribution < -0.4 is 4.72 Å². The zero-order valence-electron chi connectivity index (χ0n) is 18.0. The second-order valence-electron chi connectivity index (χ2n) is 7.46. The number of ether oxygens (including phenoxy) is 2. The fraction of sp³-hybridized carbons (Fsp3) is 0.882. The zero-order valence-corrected chi connectivity index (χ0v) is 19.7. The normalized spacial score (nSPS) is 14.0. The minimum absolute atomic E-state index is 0.00226. The number of rotatable bonds is 8. The van der Waals surface area contributed by atoms with E-state index in [0.29, 0.717) is 13.2 Å². The number of nitrogens with zero attached hydrogens (tertiary/aromatic N) is 1. The molecule has 0 aliphatic rings. The molecule has 10 heteroatoms. The molecular weight excluding hydrogens is 392 g/mol. The van der Waals surface area contributed by atoms with Gasteiger partial charge in [-0.2, -0.15) is 0 Å². The molecule has 0 rings (SSSR count). The van der Waals surface area contributed by atoms with Crippen LogP contribution in [0.4, 0.5) is 0 Å². The maximum atomic E-state index is 11.7. The van der Waals surface area contributed by atoms with E-state index in [1.54, 1.807) is 20.9 Å². The third kappa shape index (κ3) is 14.8. The number of likely N-dealkylation sites (N-methyl/N-ethyl adjacent to an activating group) is 1. The zero-order chi connectivity index (χ0) is 21.8. The molecule has 2 atom stereocenters. The van der Waals surface area contributed by atoms with Gasteiger partial charge in [0, 0.05) is 7.05 Å². The predicted molar refractivity (Wildman–Crippen MR) is 110 cm³/mol. The number of nitrogens with one attached hydrogen (secondary N) is 1. The number of hydrogen-bond donors (Lipinski definition) is 1. The van der Waals surface area contributed by atoms with E-state index in [9.17, 15) is 18.0 Å². The molecule has 0 saturated carbocycles. The second-order valence-corrected chi connectivity index (χ2v) is 11.9. The molecule has 0 aromatic heterocycles. The van der Waals surface area contributed by atoms with Crippen LogP contribution in [0.15, 0.2) is 0 Å². The Labute approximate surface area is 168 Å². The molecule has 0 bridgehead atoms. The number of esters is 2. The van der Waals surface area contributed by atoms with E-state index in [4.69, 9.17) is 4.74 Å². The lowest BCUT2D eigenvalue weighted by atomic mass is 10.3. The van der Waals surface area contributed by atoms with Crippen LogP contribution >= 0.6 is 0 Å². The monoisotopic (exact) mass is 428 g/mol. The van der Waals surface area contributed by atoms with E-state index in [1.807, 2.05) is 41.5 Å². The molecule has 0 aromatic rings. The topological polar surface area (TPSA) is 102 Å². The summed E-state index contributed by atoms with van der Waals surface area (Å²) in [6.45, 7) is 15.4. The van der Waals surface area contributed by atoms with Crippen LogP contribution in [0.5, 0.6) is 0 Å². The van der Waals surface area contributed by atoms with E-state index in [0.717, 1.165) is 0 Å².